The molecule has 27 heavy (non-hydrogen) atoms. The number of fused-ring (bicyclic) bond motifs is 1. The van der Waals surface area contributed by atoms with Crippen LogP contribution in [0, 0.1) is 0 Å². The molecule has 2 aromatic heterocycles. The summed E-state index contributed by atoms with van der Waals surface area (Å²) in [6, 6.07) is 24.2. The van der Waals surface area contributed by atoms with E-state index in [1.165, 1.54) is 5.56 Å². The predicted molar refractivity (Wildman–Crippen MR) is 110 cm³/mol. The molecule has 0 aliphatic rings. The number of pyridine rings is 1. The minimum Gasteiger partial charge on any atom is -0.380 e. The van der Waals surface area contributed by atoms with Crippen LogP contribution in [0.1, 0.15) is 16.8 Å². The summed E-state index contributed by atoms with van der Waals surface area (Å²) in [5.74, 6) is 0.292. The molecule has 0 aliphatic heterocycles. The van der Waals surface area contributed by atoms with Crippen LogP contribution in [0.2, 0.25) is 0 Å². The van der Waals surface area contributed by atoms with E-state index in [2.05, 4.69) is 62.3 Å². The first kappa shape index (κ1) is 16.7. The molecule has 4 rings (SSSR count). The van der Waals surface area contributed by atoms with Crippen LogP contribution in [0.25, 0.3) is 10.9 Å². The molecule has 132 valence electrons. The van der Waals surface area contributed by atoms with Crippen LogP contribution < -0.4 is 5.73 Å². The minimum absolute atomic E-state index is 0.292. The van der Waals surface area contributed by atoms with E-state index in [0.717, 1.165) is 23.0 Å². The Bertz CT molecular complexity index is 1100. The van der Waals surface area contributed by atoms with Gasteiger partial charge in [-0.05, 0) is 23.8 Å². The standard InChI is InChI=1S/C22H19N5/c23-22(20-11-6-7-13-24-20)26-25-14-18-16-27(15-17-8-2-1-3-9-17)21-12-5-4-10-19(18)21/h1-14,16H,15H2,(H2,23,26)/b25-14+. The molecule has 0 bridgehead atoms. The maximum Gasteiger partial charge on any atom is 0.171 e. The fourth-order valence-electron chi connectivity index (χ4n) is 3.01. The SMILES string of the molecule is N/C(=N/N=C/c1cn(Cc2ccccc2)c2ccccc12)c1ccccn1. The van der Waals surface area contributed by atoms with Gasteiger partial charge in [0.1, 0.15) is 5.69 Å². The highest BCUT2D eigenvalue weighted by Gasteiger charge is 2.07. The number of rotatable bonds is 5. The number of hydrogen-bond donors (Lipinski definition) is 1. The molecular formula is C22H19N5. The zero-order valence-corrected chi connectivity index (χ0v) is 14.7. The molecule has 5 nitrogen and oxygen atoms in total. The molecule has 2 aromatic carbocycles. The third-order valence-corrected chi connectivity index (χ3v) is 4.30. The first-order valence-corrected chi connectivity index (χ1v) is 8.71. The first-order valence-electron chi connectivity index (χ1n) is 8.71. The summed E-state index contributed by atoms with van der Waals surface area (Å²) >= 11 is 0. The van der Waals surface area contributed by atoms with E-state index in [9.17, 15) is 0 Å². The Morgan fingerprint density at radius 3 is 2.56 bits per heavy atom. The zero-order valence-electron chi connectivity index (χ0n) is 14.7. The van der Waals surface area contributed by atoms with Crippen LogP contribution in [0.5, 0.6) is 0 Å². The average molecular weight is 353 g/mol. The highest BCUT2D eigenvalue weighted by atomic mass is 15.2. The lowest BCUT2D eigenvalue weighted by atomic mass is 10.2. The van der Waals surface area contributed by atoms with Gasteiger partial charge in [-0.25, -0.2) is 0 Å². The van der Waals surface area contributed by atoms with Gasteiger partial charge in [-0.2, -0.15) is 5.10 Å². The lowest BCUT2D eigenvalue weighted by Gasteiger charge is -2.05. The molecule has 0 radical (unpaired) electrons. The van der Waals surface area contributed by atoms with Crippen LogP contribution in [-0.2, 0) is 6.54 Å². The Morgan fingerprint density at radius 2 is 1.74 bits per heavy atom. The monoisotopic (exact) mass is 353 g/mol. The van der Waals surface area contributed by atoms with Crippen molar-refractivity contribution in [2.75, 3.05) is 0 Å². The number of benzene rings is 2. The normalized spacial score (nSPS) is 12.1. The third-order valence-electron chi connectivity index (χ3n) is 4.30. The quantitative estimate of drug-likeness (QED) is 0.337. The summed E-state index contributed by atoms with van der Waals surface area (Å²) < 4.78 is 2.22. The van der Waals surface area contributed by atoms with Crippen molar-refractivity contribution in [2.24, 2.45) is 15.9 Å². The highest BCUT2D eigenvalue weighted by Crippen LogP contribution is 2.21. The molecule has 0 saturated carbocycles. The Morgan fingerprint density at radius 1 is 0.963 bits per heavy atom. The topological polar surface area (TPSA) is 68.6 Å². The van der Waals surface area contributed by atoms with E-state index in [1.54, 1.807) is 18.5 Å². The second kappa shape index (κ2) is 7.66. The molecule has 2 heterocycles. The summed E-state index contributed by atoms with van der Waals surface area (Å²) in [4.78, 5) is 4.17. The van der Waals surface area contributed by atoms with E-state index < -0.39 is 0 Å². The maximum absolute atomic E-state index is 5.95. The largest absolute Gasteiger partial charge is 0.380 e. The zero-order chi connectivity index (χ0) is 18.5. The third kappa shape index (κ3) is 3.77. The maximum atomic E-state index is 5.95. The summed E-state index contributed by atoms with van der Waals surface area (Å²) in [7, 11) is 0. The molecular weight excluding hydrogens is 334 g/mol. The van der Waals surface area contributed by atoms with Crippen LogP contribution in [0.4, 0.5) is 0 Å². The number of hydrogen-bond acceptors (Lipinski definition) is 3. The van der Waals surface area contributed by atoms with Crippen LogP contribution in [-0.4, -0.2) is 21.6 Å². The predicted octanol–water partition coefficient (Wildman–Crippen LogP) is 3.82. The lowest BCUT2D eigenvalue weighted by molar-refractivity contribution is 0.836. The van der Waals surface area contributed by atoms with Crippen molar-refractivity contribution in [1.29, 1.82) is 0 Å². The van der Waals surface area contributed by atoms with Crippen molar-refractivity contribution >= 4 is 23.0 Å². The summed E-state index contributed by atoms with van der Waals surface area (Å²) in [6.45, 7) is 0.800. The molecule has 0 aliphatic carbocycles. The van der Waals surface area contributed by atoms with E-state index in [0.29, 0.717) is 11.5 Å². The number of aromatic nitrogens is 2. The van der Waals surface area contributed by atoms with E-state index >= 15 is 0 Å². The van der Waals surface area contributed by atoms with Gasteiger partial charge >= 0.3 is 0 Å². The van der Waals surface area contributed by atoms with Gasteiger partial charge in [0.25, 0.3) is 0 Å². The van der Waals surface area contributed by atoms with Gasteiger partial charge in [0.2, 0.25) is 0 Å². The molecule has 4 aromatic rings. The second-order valence-corrected chi connectivity index (χ2v) is 6.16. The Hall–Kier alpha value is -3.73. The number of nitrogens with two attached hydrogens (primary N) is 1. The molecule has 0 fully saturated rings. The fraction of sp³-hybridized carbons (Fsp3) is 0.0455. The van der Waals surface area contributed by atoms with Crippen molar-refractivity contribution in [2.45, 2.75) is 6.54 Å². The fourth-order valence-corrected chi connectivity index (χ4v) is 3.01. The molecule has 2 N–H and O–H groups in total. The Kier molecular flexibility index (Phi) is 4.74. The van der Waals surface area contributed by atoms with Gasteiger partial charge in [0.15, 0.2) is 5.84 Å². The smallest absolute Gasteiger partial charge is 0.171 e. The molecule has 0 amide bonds. The molecule has 5 heteroatoms. The van der Waals surface area contributed by atoms with Crippen molar-refractivity contribution in [1.82, 2.24) is 9.55 Å². The van der Waals surface area contributed by atoms with E-state index in [1.807, 2.05) is 30.3 Å². The van der Waals surface area contributed by atoms with Crippen molar-refractivity contribution in [3.63, 3.8) is 0 Å². The van der Waals surface area contributed by atoms with Gasteiger partial charge in [0.05, 0.1) is 6.21 Å². The number of nitrogens with zero attached hydrogens (tertiary/aromatic N) is 4. The van der Waals surface area contributed by atoms with Crippen molar-refractivity contribution < 1.29 is 0 Å². The Labute approximate surface area is 157 Å². The van der Waals surface area contributed by atoms with Crippen LogP contribution in [0.3, 0.4) is 0 Å². The van der Waals surface area contributed by atoms with Gasteiger partial charge in [-0.3, -0.25) is 4.98 Å². The van der Waals surface area contributed by atoms with Gasteiger partial charge in [-0.1, -0.05) is 54.6 Å². The van der Waals surface area contributed by atoms with Crippen molar-refractivity contribution in [3.8, 4) is 0 Å². The van der Waals surface area contributed by atoms with Gasteiger partial charge < -0.3 is 10.3 Å². The molecule has 0 spiro atoms. The summed E-state index contributed by atoms with van der Waals surface area (Å²) in [5, 5.41) is 9.38. The van der Waals surface area contributed by atoms with E-state index in [4.69, 9.17) is 5.73 Å². The Balaban J connectivity index is 1.64. The molecule has 0 unspecified atom stereocenters. The van der Waals surface area contributed by atoms with Crippen LogP contribution >= 0.6 is 0 Å². The van der Waals surface area contributed by atoms with Crippen LogP contribution in [0.15, 0.2) is 95.4 Å². The first-order chi connectivity index (χ1) is 13.3. The second-order valence-electron chi connectivity index (χ2n) is 6.16. The number of para-hydroxylation sites is 1. The summed E-state index contributed by atoms with van der Waals surface area (Å²) in [6.07, 6.45) is 5.51. The molecule has 0 saturated heterocycles. The van der Waals surface area contributed by atoms with E-state index in [-0.39, 0.29) is 0 Å². The number of amidine groups is 1. The van der Waals surface area contributed by atoms with Gasteiger partial charge in [0, 0.05) is 35.4 Å². The van der Waals surface area contributed by atoms with Crippen molar-refractivity contribution in [3.05, 3.63) is 102 Å². The highest BCUT2D eigenvalue weighted by molar-refractivity contribution is 6.00. The minimum atomic E-state index is 0.292. The lowest BCUT2D eigenvalue weighted by Crippen LogP contribution is -2.14. The molecule has 0 atom stereocenters. The average Bonchev–Trinajstić information content (AvgIpc) is 3.07. The van der Waals surface area contributed by atoms with Gasteiger partial charge in [-0.15, -0.1) is 5.10 Å². The summed E-state index contributed by atoms with van der Waals surface area (Å²) in [5.41, 5.74) is 9.97.